The van der Waals surface area contributed by atoms with Crippen LogP contribution < -0.4 is 0 Å². The van der Waals surface area contributed by atoms with Gasteiger partial charge in [-0.3, -0.25) is 9.89 Å². The third-order valence-electron chi connectivity index (χ3n) is 4.52. The lowest BCUT2D eigenvalue weighted by Gasteiger charge is -2.20. The third-order valence-corrected chi connectivity index (χ3v) is 4.52. The van der Waals surface area contributed by atoms with E-state index in [1.807, 2.05) is 13.8 Å². The standard InChI is InChI=1S/C16H22N4O2/c1-9-5-6-14-12(7-9)15(18-17-14)16(21)20(4)8-13-10(2)19-22-11(13)3/h9H,5-8H2,1-4H3,(H,17,18). The van der Waals surface area contributed by atoms with Crippen LogP contribution in [0.25, 0.3) is 0 Å². The Hall–Kier alpha value is -2.11. The molecule has 0 aliphatic heterocycles. The Balaban J connectivity index is 1.81. The van der Waals surface area contributed by atoms with E-state index in [-0.39, 0.29) is 5.91 Å². The molecule has 22 heavy (non-hydrogen) atoms. The van der Waals surface area contributed by atoms with Gasteiger partial charge >= 0.3 is 0 Å². The number of hydrogen-bond donors (Lipinski definition) is 1. The first-order valence-corrected chi connectivity index (χ1v) is 7.70. The maximum Gasteiger partial charge on any atom is 0.274 e. The maximum absolute atomic E-state index is 12.7. The minimum Gasteiger partial charge on any atom is -0.361 e. The molecule has 2 aromatic rings. The largest absolute Gasteiger partial charge is 0.361 e. The van der Waals surface area contributed by atoms with Crippen LogP contribution in [0.4, 0.5) is 0 Å². The zero-order chi connectivity index (χ0) is 15.9. The summed E-state index contributed by atoms with van der Waals surface area (Å²) in [6.45, 7) is 6.46. The van der Waals surface area contributed by atoms with Crippen molar-refractivity contribution in [1.82, 2.24) is 20.3 Å². The van der Waals surface area contributed by atoms with Crippen LogP contribution in [-0.4, -0.2) is 33.2 Å². The van der Waals surface area contributed by atoms with Crippen LogP contribution >= 0.6 is 0 Å². The molecule has 2 heterocycles. The van der Waals surface area contributed by atoms with Crippen LogP contribution in [0.5, 0.6) is 0 Å². The Morgan fingerprint density at radius 1 is 1.45 bits per heavy atom. The van der Waals surface area contributed by atoms with Crippen molar-refractivity contribution in [2.45, 2.75) is 46.6 Å². The first kappa shape index (κ1) is 14.8. The highest BCUT2D eigenvalue weighted by Crippen LogP contribution is 2.27. The summed E-state index contributed by atoms with van der Waals surface area (Å²) in [6, 6.07) is 0. The molecule has 6 nitrogen and oxygen atoms in total. The summed E-state index contributed by atoms with van der Waals surface area (Å²) in [5, 5.41) is 11.2. The Kier molecular flexibility index (Phi) is 3.76. The van der Waals surface area contributed by atoms with Crippen molar-refractivity contribution in [3.63, 3.8) is 0 Å². The summed E-state index contributed by atoms with van der Waals surface area (Å²) in [5.41, 5.74) is 4.57. The number of aromatic amines is 1. The molecule has 118 valence electrons. The van der Waals surface area contributed by atoms with Gasteiger partial charge in [-0.2, -0.15) is 5.10 Å². The Bertz CT molecular complexity index is 682. The molecule has 0 fully saturated rings. The highest BCUT2D eigenvalue weighted by Gasteiger charge is 2.27. The fourth-order valence-corrected chi connectivity index (χ4v) is 3.06. The van der Waals surface area contributed by atoms with Crippen molar-refractivity contribution in [3.05, 3.63) is 34.0 Å². The van der Waals surface area contributed by atoms with Crippen molar-refractivity contribution in [2.75, 3.05) is 7.05 Å². The first-order chi connectivity index (χ1) is 10.5. The van der Waals surface area contributed by atoms with Crippen molar-refractivity contribution in [2.24, 2.45) is 5.92 Å². The lowest BCUT2D eigenvalue weighted by Crippen LogP contribution is -2.28. The molecule has 1 N–H and O–H groups in total. The van der Waals surface area contributed by atoms with Crippen LogP contribution in [0.15, 0.2) is 4.52 Å². The second-order valence-corrected chi connectivity index (χ2v) is 6.34. The number of carbonyl (C=O) groups excluding carboxylic acids is 1. The normalized spacial score (nSPS) is 17.4. The molecule has 0 bridgehead atoms. The Morgan fingerprint density at radius 2 is 2.23 bits per heavy atom. The molecule has 1 aliphatic rings. The molecule has 0 saturated carbocycles. The maximum atomic E-state index is 12.7. The molecule has 1 aliphatic carbocycles. The number of aryl methyl sites for hydroxylation is 3. The molecule has 0 saturated heterocycles. The van der Waals surface area contributed by atoms with Gasteiger partial charge in [0.25, 0.3) is 5.91 Å². The quantitative estimate of drug-likeness (QED) is 0.944. The number of carbonyl (C=O) groups is 1. The first-order valence-electron chi connectivity index (χ1n) is 7.70. The number of aromatic nitrogens is 3. The van der Waals surface area contributed by atoms with E-state index >= 15 is 0 Å². The van der Waals surface area contributed by atoms with E-state index in [1.54, 1.807) is 11.9 Å². The van der Waals surface area contributed by atoms with Gasteiger partial charge in [-0.15, -0.1) is 0 Å². The summed E-state index contributed by atoms with van der Waals surface area (Å²) in [7, 11) is 1.79. The third kappa shape index (κ3) is 2.53. The summed E-state index contributed by atoms with van der Waals surface area (Å²) in [6.07, 6.45) is 3.05. The lowest BCUT2D eigenvalue weighted by atomic mass is 9.87. The van der Waals surface area contributed by atoms with E-state index in [1.165, 1.54) is 0 Å². The molecule has 6 heteroatoms. The van der Waals surface area contributed by atoms with Gasteiger partial charge in [0.05, 0.1) is 12.2 Å². The average molecular weight is 302 g/mol. The van der Waals surface area contributed by atoms with E-state index in [4.69, 9.17) is 4.52 Å². The Labute approximate surface area is 129 Å². The van der Waals surface area contributed by atoms with Gasteiger partial charge in [0, 0.05) is 23.9 Å². The van der Waals surface area contributed by atoms with Gasteiger partial charge in [0.2, 0.25) is 0 Å². The van der Waals surface area contributed by atoms with Gasteiger partial charge in [-0.25, -0.2) is 0 Å². The van der Waals surface area contributed by atoms with Crippen molar-refractivity contribution in [3.8, 4) is 0 Å². The van der Waals surface area contributed by atoms with E-state index in [2.05, 4.69) is 22.3 Å². The molecule has 1 unspecified atom stereocenters. The number of nitrogens with one attached hydrogen (secondary N) is 1. The lowest BCUT2D eigenvalue weighted by molar-refractivity contribution is 0.0777. The molecule has 0 radical (unpaired) electrons. The molecule has 0 aromatic carbocycles. The van der Waals surface area contributed by atoms with E-state index < -0.39 is 0 Å². The number of fused-ring (bicyclic) bond motifs is 1. The highest BCUT2D eigenvalue weighted by molar-refractivity contribution is 5.93. The monoisotopic (exact) mass is 302 g/mol. The minimum absolute atomic E-state index is 0.0494. The van der Waals surface area contributed by atoms with Crippen LogP contribution in [0.1, 0.15) is 52.1 Å². The van der Waals surface area contributed by atoms with E-state index in [0.717, 1.165) is 47.5 Å². The fraction of sp³-hybridized carbons (Fsp3) is 0.562. The molecule has 1 atom stereocenters. The second kappa shape index (κ2) is 5.59. The number of nitrogens with zero attached hydrogens (tertiary/aromatic N) is 3. The molecular formula is C16H22N4O2. The number of H-pyrrole nitrogens is 1. The van der Waals surface area contributed by atoms with Crippen molar-refractivity contribution >= 4 is 5.91 Å². The van der Waals surface area contributed by atoms with E-state index in [0.29, 0.717) is 18.2 Å². The summed E-state index contributed by atoms with van der Waals surface area (Å²) < 4.78 is 5.16. The number of rotatable bonds is 3. The summed E-state index contributed by atoms with van der Waals surface area (Å²) in [4.78, 5) is 14.4. The molecule has 3 rings (SSSR count). The van der Waals surface area contributed by atoms with Gasteiger partial charge in [0.1, 0.15) is 5.76 Å². The van der Waals surface area contributed by atoms with Crippen LogP contribution in [0.2, 0.25) is 0 Å². The van der Waals surface area contributed by atoms with Gasteiger partial charge in [-0.1, -0.05) is 12.1 Å². The number of amides is 1. The molecule has 2 aromatic heterocycles. The predicted molar refractivity (Wildman–Crippen MR) is 81.6 cm³/mol. The highest BCUT2D eigenvalue weighted by atomic mass is 16.5. The molecular weight excluding hydrogens is 280 g/mol. The van der Waals surface area contributed by atoms with Crippen LogP contribution in [0, 0.1) is 19.8 Å². The van der Waals surface area contributed by atoms with Gasteiger partial charge in [0.15, 0.2) is 5.69 Å². The zero-order valence-corrected chi connectivity index (χ0v) is 13.6. The van der Waals surface area contributed by atoms with E-state index in [9.17, 15) is 4.79 Å². The van der Waals surface area contributed by atoms with Crippen molar-refractivity contribution < 1.29 is 9.32 Å². The fourth-order valence-electron chi connectivity index (χ4n) is 3.06. The van der Waals surface area contributed by atoms with Gasteiger partial charge in [-0.05, 0) is 39.0 Å². The topological polar surface area (TPSA) is 75.0 Å². The number of hydrogen-bond acceptors (Lipinski definition) is 4. The van der Waals surface area contributed by atoms with Gasteiger partial charge < -0.3 is 9.42 Å². The van der Waals surface area contributed by atoms with Crippen LogP contribution in [-0.2, 0) is 19.4 Å². The SMILES string of the molecule is Cc1noc(C)c1CN(C)C(=O)c1n[nH]c2c1CC(C)CC2. The predicted octanol–water partition coefficient (Wildman–Crippen LogP) is 2.41. The summed E-state index contributed by atoms with van der Waals surface area (Å²) in [5.74, 6) is 1.31. The minimum atomic E-state index is -0.0494. The second-order valence-electron chi connectivity index (χ2n) is 6.34. The van der Waals surface area contributed by atoms with Crippen molar-refractivity contribution in [1.29, 1.82) is 0 Å². The molecule has 1 amide bonds. The molecule has 0 spiro atoms. The smallest absolute Gasteiger partial charge is 0.274 e. The average Bonchev–Trinajstić information content (AvgIpc) is 3.04. The zero-order valence-electron chi connectivity index (χ0n) is 13.6. The summed E-state index contributed by atoms with van der Waals surface area (Å²) >= 11 is 0. The Morgan fingerprint density at radius 3 is 2.91 bits per heavy atom. The van der Waals surface area contributed by atoms with Crippen LogP contribution in [0.3, 0.4) is 0 Å².